The summed E-state index contributed by atoms with van der Waals surface area (Å²) in [6.07, 6.45) is 0.0265. The summed E-state index contributed by atoms with van der Waals surface area (Å²) in [6, 6.07) is 0. The van der Waals surface area contributed by atoms with Crippen molar-refractivity contribution in [3.05, 3.63) is 32.6 Å². The smallest absolute Gasteiger partial charge is 0.325 e. The van der Waals surface area contributed by atoms with E-state index in [2.05, 4.69) is 9.97 Å². The molecule has 2 rings (SSSR count). The van der Waals surface area contributed by atoms with E-state index in [0.717, 1.165) is 0 Å². The Balaban J connectivity index is 2.24. The van der Waals surface area contributed by atoms with Crippen LogP contribution in [0.25, 0.3) is 0 Å². The maximum absolute atomic E-state index is 11.3. The minimum Gasteiger partial charge on any atom is -0.391 e. The number of H-pyrrole nitrogens is 2. The highest BCUT2D eigenvalue weighted by molar-refractivity contribution is 5.08. The van der Waals surface area contributed by atoms with Crippen LogP contribution in [-0.2, 0) is 9.47 Å². The fourth-order valence-electron chi connectivity index (χ4n) is 1.37. The Morgan fingerprint density at radius 1 is 1.53 bits per heavy atom. The van der Waals surface area contributed by atoms with E-state index < -0.39 is 23.6 Å². The Kier molecular flexibility index (Phi) is 2.67. The highest BCUT2D eigenvalue weighted by Gasteiger charge is 2.28. The largest absolute Gasteiger partial charge is 0.391 e. The molecule has 1 aromatic heterocycles. The summed E-state index contributed by atoms with van der Waals surface area (Å²) < 4.78 is 10.2. The van der Waals surface area contributed by atoms with Gasteiger partial charge < -0.3 is 19.6 Å². The van der Waals surface area contributed by atoms with E-state index in [9.17, 15) is 9.59 Å². The van der Waals surface area contributed by atoms with Gasteiger partial charge in [0.1, 0.15) is 6.10 Å². The summed E-state index contributed by atoms with van der Waals surface area (Å²) in [4.78, 5) is 26.5. The second-order valence-electron chi connectivity index (χ2n) is 3.10. The van der Waals surface area contributed by atoms with Gasteiger partial charge in [0.25, 0.3) is 5.56 Å². The zero-order valence-electron chi connectivity index (χ0n) is 7.73. The molecule has 0 aliphatic carbocycles. The molecule has 0 bridgehead atoms. The average Bonchev–Trinajstić information content (AvgIpc) is 2.66. The lowest BCUT2D eigenvalue weighted by Gasteiger charge is -2.07. The van der Waals surface area contributed by atoms with Crippen LogP contribution in [0.4, 0.5) is 0 Å². The first-order valence-corrected chi connectivity index (χ1v) is 4.40. The van der Waals surface area contributed by atoms with Gasteiger partial charge in [-0.3, -0.25) is 9.78 Å². The molecule has 2 heterocycles. The molecule has 2 atom stereocenters. The fraction of sp³-hybridized carbons (Fsp3) is 0.500. The minimum atomic E-state index is -0.707. The number of hydrogen-bond acceptors (Lipinski definition) is 5. The molecule has 0 radical (unpaired) electrons. The van der Waals surface area contributed by atoms with Gasteiger partial charge in [0, 0.05) is 6.20 Å². The summed E-state index contributed by atoms with van der Waals surface area (Å²) in [5.74, 6) is 0. The molecule has 7 heteroatoms. The molecule has 1 fully saturated rings. The van der Waals surface area contributed by atoms with Crippen LogP contribution in [0.5, 0.6) is 0 Å². The normalized spacial score (nSPS) is 25.7. The Morgan fingerprint density at radius 2 is 2.33 bits per heavy atom. The standard InChI is InChI=1S/C8H10N2O5/c11-2-6-14-3-5(15-6)4-1-9-8(13)10-7(4)12/h1,5-6,11H,2-3H2,(H2,9,10,12,13). The Bertz CT molecular complexity index is 451. The Morgan fingerprint density at radius 3 is 2.93 bits per heavy atom. The summed E-state index contributed by atoms with van der Waals surface area (Å²) in [5, 5.41) is 8.75. The molecule has 0 aromatic carbocycles. The van der Waals surface area contributed by atoms with Crippen LogP contribution in [-0.4, -0.2) is 34.6 Å². The van der Waals surface area contributed by atoms with Crippen LogP contribution in [0.2, 0.25) is 0 Å². The second kappa shape index (κ2) is 3.97. The lowest BCUT2D eigenvalue weighted by molar-refractivity contribution is -0.0883. The highest BCUT2D eigenvalue weighted by Crippen LogP contribution is 2.22. The van der Waals surface area contributed by atoms with Crippen molar-refractivity contribution < 1.29 is 14.6 Å². The third-order valence-electron chi connectivity index (χ3n) is 2.09. The first-order valence-electron chi connectivity index (χ1n) is 4.40. The van der Waals surface area contributed by atoms with Crippen LogP contribution in [0.15, 0.2) is 15.8 Å². The van der Waals surface area contributed by atoms with Crippen LogP contribution in [0.3, 0.4) is 0 Å². The lowest BCUT2D eigenvalue weighted by Crippen LogP contribution is -2.27. The van der Waals surface area contributed by atoms with Gasteiger partial charge in [0.15, 0.2) is 6.29 Å². The quantitative estimate of drug-likeness (QED) is 0.554. The second-order valence-corrected chi connectivity index (χ2v) is 3.10. The number of aliphatic hydroxyl groups is 1. The van der Waals surface area contributed by atoms with E-state index in [0.29, 0.717) is 0 Å². The first-order chi connectivity index (χ1) is 7.20. The summed E-state index contributed by atoms with van der Waals surface area (Å²) in [6.45, 7) is -0.0852. The van der Waals surface area contributed by atoms with Gasteiger partial charge in [0.2, 0.25) is 0 Å². The molecule has 0 spiro atoms. The minimum absolute atomic E-state index is 0.181. The number of hydrogen-bond donors (Lipinski definition) is 3. The van der Waals surface area contributed by atoms with E-state index >= 15 is 0 Å². The number of nitrogens with one attached hydrogen (secondary N) is 2. The predicted molar refractivity (Wildman–Crippen MR) is 48.3 cm³/mol. The van der Waals surface area contributed by atoms with Crippen molar-refractivity contribution in [1.29, 1.82) is 0 Å². The van der Waals surface area contributed by atoms with Crippen molar-refractivity contribution in [2.45, 2.75) is 12.4 Å². The number of aromatic nitrogens is 2. The van der Waals surface area contributed by atoms with Crippen molar-refractivity contribution in [1.82, 2.24) is 9.97 Å². The van der Waals surface area contributed by atoms with Crippen LogP contribution >= 0.6 is 0 Å². The predicted octanol–water partition coefficient (Wildman–Crippen LogP) is -1.53. The third kappa shape index (κ3) is 1.99. The number of aromatic amines is 2. The maximum atomic E-state index is 11.3. The topological polar surface area (TPSA) is 104 Å². The van der Waals surface area contributed by atoms with E-state index in [-0.39, 0.29) is 18.8 Å². The summed E-state index contributed by atoms with van der Waals surface area (Å²) >= 11 is 0. The van der Waals surface area contributed by atoms with Gasteiger partial charge in [-0.25, -0.2) is 4.79 Å². The van der Waals surface area contributed by atoms with E-state index in [4.69, 9.17) is 14.6 Å². The molecule has 1 aliphatic rings. The van der Waals surface area contributed by atoms with Gasteiger partial charge in [0.05, 0.1) is 18.8 Å². The zero-order chi connectivity index (χ0) is 10.8. The first kappa shape index (κ1) is 10.1. The van der Waals surface area contributed by atoms with E-state index in [1.165, 1.54) is 6.20 Å². The Hall–Kier alpha value is -1.44. The van der Waals surface area contributed by atoms with Crippen LogP contribution in [0, 0.1) is 0 Å². The van der Waals surface area contributed by atoms with Gasteiger partial charge in [-0.05, 0) is 0 Å². The molecular weight excluding hydrogens is 204 g/mol. The van der Waals surface area contributed by atoms with Gasteiger partial charge >= 0.3 is 5.69 Å². The lowest BCUT2D eigenvalue weighted by atomic mass is 10.2. The SMILES string of the molecule is O=c1[nH]cc(C2COC(CO)O2)c(=O)[nH]1. The van der Waals surface area contributed by atoms with E-state index in [1.54, 1.807) is 0 Å². The maximum Gasteiger partial charge on any atom is 0.325 e. The van der Waals surface area contributed by atoms with Crippen molar-refractivity contribution in [2.75, 3.05) is 13.2 Å². The van der Waals surface area contributed by atoms with Crippen LogP contribution < -0.4 is 11.2 Å². The third-order valence-corrected chi connectivity index (χ3v) is 2.09. The zero-order valence-corrected chi connectivity index (χ0v) is 7.73. The molecule has 3 N–H and O–H groups in total. The summed E-state index contributed by atoms with van der Waals surface area (Å²) in [5.41, 5.74) is -0.794. The molecule has 1 saturated heterocycles. The van der Waals surface area contributed by atoms with Gasteiger partial charge in [-0.15, -0.1) is 0 Å². The molecule has 15 heavy (non-hydrogen) atoms. The van der Waals surface area contributed by atoms with Gasteiger partial charge in [-0.1, -0.05) is 0 Å². The van der Waals surface area contributed by atoms with Crippen molar-refractivity contribution >= 4 is 0 Å². The fourth-order valence-corrected chi connectivity index (χ4v) is 1.37. The molecule has 2 unspecified atom stereocenters. The average molecular weight is 214 g/mol. The molecule has 0 saturated carbocycles. The van der Waals surface area contributed by atoms with Crippen molar-refractivity contribution in [3.8, 4) is 0 Å². The Labute approximate surface area is 83.7 Å². The molecule has 82 valence electrons. The molecule has 1 aliphatic heterocycles. The van der Waals surface area contributed by atoms with Crippen LogP contribution in [0.1, 0.15) is 11.7 Å². The monoisotopic (exact) mass is 214 g/mol. The molecular formula is C8H10N2O5. The molecule has 7 nitrogen and oxygen atoms in total. The van der Waals surface area contributed by atoms with Gasteiger partial charge in [-0.2, -0.15) is 0 Å². The number of aliphatic hydroxyl groups excluding tert-OH is 1. The van der Waals surface area contributed by atoms with E-state index in [1.807, 2.05) is 0 Å². The summed E-state index contributed by atoms with van der Waals surface area (Å²) in [7, 11) is 0. The van der Waals surface area contributed by atoms with Crippen molar-refractivity contribution in [2.24, 2.45) is 0 Å². The highest BCUT2D eigenvalue weighted by atomic mass is 16.7. The number of ether oxygens (including phenoxy) is 2. The van der Waals surface area contributed by atoms with Crippen molar-refractivity contribution in [3.63, 3.8) is 0 Å². The molecule has 1 aromatic rings. The number of rotatable bonds is 2. The molecule has 0 amide bonds.